The van der Waals surface area contributed by atoms with E-state index in [1.807, 2.05) is 6.92 Å². The number of nitrogens with zero attached hydrogens (tertiary/aromatic N) is 3. The molecule has 0 aliphatic carbocycles. The van der Waals surface area contributed by atoms with Crippen molar-refractivity contribution in [1.82, 2.24) is 20.3 Å². The number of amides is 1. The number of rotatable bonds is 9. The topological polar surface area (TPSA) is 86.2 Å². The van der Waals surface area contributed by atoms with E-state index >= 15 is 0 Å². The lowest BCUT2D eigenvalue weighted by atomic mass is 9.91. The SMILES string of the molecule is CCCOc1ccc(-c2nc(OC)nc(-c3cc(CNC(=O)C(C)(C)C(F)(F)F)ccc3Cl)n2)cc1. The maximum Gasteiger partial charge on any atom is 0.402 e. The van der Waals surface area contributed by atoms with Crippen LogP contribution < -0.4 is 14.8 Å². The molecule has 0 fully saturated rings. The number of methoxy groups -OCH3 is 1. The number of nitrogens with one attached hydrogen (secondary N) is 1. The molecule has 3 aromatic rings. The van der Waals surface area contributed by atoms with Gasteiger partial charge in [-0.15, -0.1) is 0 Å². The highest BCUT2D eigenvalue weighted by molar-refractivity contribution is 6.33. The minimum absolute atomic E-state index is 0.0583. The maximum absolute atomic E-state index is 13.2. The van der Waals surface area contributed by atoms with E-state index in [2.05, 4.69) is 20.3 Å². The molecule has 7 nitrogen and oxygen atoms in total. The monoisotopic (exact) mass is 522 g/mol. The first kappa shape index (κ1) is 27.2. The smallest absolute Gasteiger partial charge is 0.402 e. The molecule has 1 aromatic heterocycles. The van der Waals surface area contributed by atoms with Gasteiger partial charge in [0.2, 0.25) is 5.91 Å². The summed E-state index contributed by atoms with van der Waals surface area (Å²) in [5.41, 5.74) is -0.923. The summed E-state index contributed by atoms with van der Waals surface area (Å²) in [6.45, 7) is 4.14. The summed E-state index contributed by atoms with van der Waals surface area (Å²) in [5.74, 6) is 0.118. The number of aromatic nitrogens is 3. The molecule has 192 valence electrons. The number of hydrogen-bond donors (Lipinski definition) is 1. The quantitative estimate of drug-likeness (QED) is 0.379. The molecule has 0 bridgehead atoms. The molecule has 0 radical (unpaired) electrons. The lowest BCUT2D eigenvalue weighted by Gasteiger charge is -2.26. The van der Waals surface area contributed by atoms with Gasteiger partial charge in [-0.25, -0.2) is 4.98 Å². The Hall–Kier alpha value is -3.40. The number of ether oxygens (including phenoxy) is 2. The van der Waals surface area contributed by atoms with Gasteiger partial charge >= 0.3 is 12.2 Å². The minimum Gasteiger partial charge on any atom is -0.494 e. The number of carbonyl (C=O) groups excluding carboxylic acids is 1. The average Bonchev–Trinajstić information content (AvgIpc) is 2.86. The molecule has 0 unspecified atom stereocenters. The van der Waals surface area contributed by atoms with Crippen LogP contribution in [0.15, 0.2) is 42.5 Å². The molecule has 1 N–H and O–H groups in total. The Morgan fingerprint density at radius 1 is 1.03 bits per heavy atom. The summed E-state index contributed by atoms with van der Waals surface area (Å²) in [5, 5.41) is 2.64. The van der Waals surface area contributed by atoms with E-state index in [1.165, 1.54) is 7.11 Å². The molecule has 3 rings (SSSR count). The van der Waals surface area contributed by atoms with E-state index in [0.29, 0.717) is 39.9 Å². The van der Waals surface area contributed by atoms with Crippen molar-refractivity contribution in [2.75, 3.05) is 13.7 Å². The lowest BCUT2D eigenvalue weighted by Crippen LogP contribution is -2.46. The average molecular weight is 523 g/mol. The number of hydrogen-bond acceptors (Lipinski definition) is 6. The number of carbonyl (C=O) groups is 1. The fourth-order valence-electron chi connectivity index (χ4n) is 3.00. The first-order valence-electron chi connectivity index (χ1n) is 11.1. The molecule has 1 amide bonds. The van der Waals surface area contributed by atoms with Gasteiger partial charge in [0.25, 0.3) is 0 Å². The van der Waals surface area contributed by atoms with E-state index in [4.69, 9.17) is 21.1 Å². The summed E-state index contributed by atoms with van der Waals surface area (Å²) in [4.78, 5) is 25.3. The number of alkyl halides is 3. The van der Waals surface area contributed by atoms with Gasteiger partial charge in [0.05, 0.1) is 18.7 Å². The standard InChI is InChI=1S/C25H26ClF3N4O3/c1-5-12-36-17-9-7-16(8-10-17)20-31-21(33-23(32-20)35-4)18-13-15(6-11-19(18)26)14-30-22(34)24(2,3)25(27,28)29/h6-11,13H,5,12,14H2,1-4H3,(H,30,34). The lowest BCUT2D eigenvalue weighted by molar-refractivity contribution is -0.211. The van der Waals surface area contributed by atoms with Crippen molar-refractivity contribution in [3.05, 3.63) is 53.1 Å². The van der Waals surface area contributed by atoms with E-state index in [0.717, 1.165) is 20.3 Å². The third-order valence-corrected chi connectivity index (χ3v) is 5.71. The van der Waals surface area contributed by atoms with Crippen molar-refractivity contribution < 1.29 is 27.4 Å². The van der Waals surface area contributed by atoms with Crippen LogP contribution in [0.1, 0.15) is 32.8 Å². The second-order valence-electron chi connectivity index (χ2n) is 8.46. The predicted octanol–water partition coefficient (Wildman–Crippen LogP) is 5.86. The molecule has 1 heterocycles. The molecule has 0 saturated carbocycles. The summed E-state index contributed by atoms with van der Waals surface area (Å²) >= 11 is 6.40. The van der Waals surface area contributed by atoms with Crippen molar-refractivity contribution in [3.63, 3.8) is 0 Å². The highest BCUT2D eigenvalue weighted by Gasteiger charge is 2.52. The maximum atomic E-state index is 13.2. The molecular formula is C25H26ClF3N4O3. The molecule has 36 heavy (non-hydrogen) atoms. The largest absolute Gasteiger partial charge is 0.494 e. The molecule has 0 aliphatic rings. The van der Waals surface area contributed by atoms with Crippen molar-refractivity contribution in [2.45, 2.75) is 39.9 Å². The minimum atomic E-state index is -4.68. The van der Waals surface area contributed by atoms with Gasteiger partial charge in [-0.1, -0.05) is 24.6 Å². The Balaban J connectivity index is 1.89. The van der Waals surface area contributed by atoms with Gasteiger partial charge in [-0.05, 0) is 62.2 Å². The summed E-state index contributed by atoms with van der Waals surface area (Å²) < 4.78 is 50.3. The molecule has 0 spiro atoms. The molecule has 0 aliphatic heterocycles. The van der Waals surface area contributed by atoms with Crippen LogP contribution in [0.2, 0.25) is 5.02 Å². The van der Waals surface area contributed by atoms with Gasteiger partial charge < -0.3 is 14.8 Å². The zero-order valence-electron chi connectivity index (χ0n) is 20.2. The Morgan fingerprint density at radius 3 is 2.31 bits per heavy atom. The van der Waals surface area contributed by atoms with Gasteiger partial charge in [0, 0.05) is 17.7 Å². The van der Waals surface area contributed by atoms with Crippen molar-refractivity contribution >= 4 is 17.5 Å². The summed E-state index contributed by atoms with van der Waals surface area (Å²) in [6, 6.07) is 12.0. The van der Waals surface area contributed by atoms with Gasteiger partial charge in [0.1, 0.15) is 11.2 Å². The van der Waals surface area contributed by atoms with Crippen LogP contribution in [0.4, 0.5) is 13.2 Å². The van der Waals surface area contributed by atoms with Crippen molar-refractivity contribution in [2.24, 2.45) is 5.41 Å². The Bertz CT molecular complexity index is 1220. The predicted molar refractivity (Wildman–Crippen MR) is 130 cm³/mol. The molecular weight excluding hydrogens is 497 g/mol. The Kier molecular flexibility index (Phi) is 8.39. The summed E-state index contributed by atoms with van der Waals surface area (Å²) in [7, 11) is 1.42. The Labute approximate surface area is 212 Å². The first-order chi connectivity index (χ1) is 17.0. The van der Waals surface area contributed by atoms with Crippen LogP contribution in [-0.4, -0.2) is 40.8 Å². The second-order valence-corrected chi connectivity index (χ2v) is 8.87. The van der Waals surface area contributed by atoms with E-state index < -0.39 is 17.5 Å². The zero-order chi connectivity index (χ0) is 26.5. The van der Waals surface area contributed by atoms with Crippen LogP contribution >= 0.6 is 11.6 Å². The molecule has 2 aromatic carbocycles. The molecule has 0 saturated heterocycles. The van der Waals surface area contributed by atoms with Crippen molar-refractivity contribution in [3.8, 4) is 34.5 Å². The second kappa shape index (κ2) is 11.1. The first-order valence-corrected chi connectivity index (χ1v) is 11.5. The summed E-state index contributed by atoms with van der Waals surface area (Å²) in [6.07, 6.45) is -3.79. The third-order valence-electron chi connectivity index (χ3n) is 5.38. The number of benzene rings is 2. The van der Waals surface area contributed by atoms with Crippen LogP contribution in [0.25, 0.3) is 22.8 Å². The third kappa shape index (κ3) is 6.23. The van der Waals surface area contributed by atoms with Crippen LogP contribution in [0.3, 0.4) is 0 Å². The van der Waals surface area contributed by atoms with E-state index in [-0.39, 0.29) is 18.4 Å². The Morgan fingerprint density at radius 2 is 1.69 bits per heavy atom. The highest BCUT2D eigenvalue weighted by atomic mass is 35.5. The van der Waals surface area contributed by atoms with Crippen LogP contribution in [0, 0.1) is 5.41 Å². The van der Waals surface area contributed by atoms with Gasteiger partial charge in [-0.2, -0.15) is 23.1 Å². The van der Waals surface area contributed by atoms with Crippen LogP contribution in [0.5, 0.6) is 11.8 Å². The van der Waals surface area contributed by atoms with E-state index in [1.54, 1.807) is 42.5 Å². The molecule has 11 heteroatoms. The highest BCUT2D eigenvalue weighted by Crippen LogP contribution is 2.37. The normalized spacial score (nSPS) is 11.8. The zero-order valence-corrected chi connectivity index (χ0v) is 21.0. The van der Waals surface area contributed by atoms with Gasteiger partial charge in [0.15, 0.2) is 11.6 Å². The number of halogens is 4. The fraction of sp³-hybridized carbons (Fsp3) is 0.360. The fourth-order valence-corrected chi connectivity index (χ4v) is 3.21. The van der Waals surface area contributed by atoms with Gasteiger partial charge in [-0.3, -0.25) is 4.79 Å². The van der Waals surface area contributed by atoms with Crippen molar-refractivity contribution in [1.29, 1.82) is 0 Å². The van der Waals surface area contributed by atoms with Crippen LogP contribution in [-0.2, 0) is 11.3 Å². The van der Waals surface area contributed by atoms with E-state index in [9.17, 15) is 18.0 Å². The molecule has 0 atom stereocenters.